The third kappa shape index (κ3) is 12.7. The van der Waals surface area contributed by atoms with Crippen molar-refractivity contribution in [2.75, 3.05) is 14.2 Å². The molecule has 0 bridgehead atoms. The molecule has 0 spiro atoms. The molecule has 3 unspecified atom stereocenters. The molecular formula is C38H43N3O10. The number of carboxylic acid groups (broad SMARTS) is 2. The molecule has 0 saturated heterocycles. The van der Waals surface area contributed by atoms with E-state index in [1.807, 2.05) is 19.9 Å². The lowest BCUT2D eigenvalue weighted by molar-refractivity contribution is -0.130. The number of benzene rings is 3. The number of hydrogen-bond acceptors (Lipinski definition) is 8. The molecule has 0 radical (unpaired) electrons. The van der Waals surface area contributed by atoms with Gasteiger partial charge in [-0.25, -0.2) is 9.59 Å². The molecule has 13 heteroatoms. The van der Waals surface area contributed by atoms with E-state index in [4.69, 9.17) is 19.0 Å². The molecule has 0 fully saturated rings. The van der Waals surface area contributed by atoms with E-state index in [2.05, 4.69) is 16.0 Å². The number of aromatic carboxylic acids is 1. The van der Waals surface area contributed by atoms with Gasteiger partial charge in [-0.1, -0.05) is 68.4 Å². The number of carboxylic acids is 1. The first-order chi connectivity index (χ1) is 24.4. The van der Waals surface area contributed by atoms with Crippen LogP contribution in [0.4, 0.5) is 4.79 Å². The molecule has 4 aromatic rings. The standard InChI is InChI=1S/C30H35N3O7.C8H8O3/c1-19(2)16-23(27(34)26-10-7-15-40-26)31-28(35)24(18-21-11-13-22(39-3)14-12-21)32-29(36)25(33-30(37)38)17-20-8-5-4-6-9-20;1-11-7-5-3-2-4-6(7)8(9)10/h4-15,19,23-25,33H,16-18H2,1-3H3,(H,31,35)(H,32,36)(H,37,38);2-5H,1H3,(H,9,10). The number of Topliss-reactive ketones (excluding diaryl/α,β-unsaturated/α-hetero) is 1. The van der Waals surface area contributed by atoms with Gasteiger partial charge in [0.2, 0.25) is 17.6 Å². The summed E-state index contributed by atoms with van der Waals surface area (Å²) in [5, 5.41) is 25.7. The Balaban J connectivity index is 0.000000542. The van der Waals surface area contributed by atoms with E-state index < -0.39 is 42.0 Å². The van der Waals surface area contributed by atoms with Crippen molar-refractivity contribution in [3.05, 3.63) is 120 Å². The van der Waals surface area contributed by atoms with Gasteiger partial charge < -0.3 is 40.1 Å². The topological polar surface area (TPSA) is 194 Å². The lowest BCUT2D eigenvalue weighted by Crippen LogP contribution is -2.56. The van der Waals surface area contributed by atoms with E-state index >= 15 is 0 Å². The quantitative estimate of drug-likeness (QED) is 0.0993. The second-order valence-corrected chi connectivity index (χ2v) is 11.8. The Kier molecular flexibility index (Phi) is 15.3. The monoisotopic (exact) mass is 701 g/mol. The Hall–Kier alpha value is -6.11. The molecule has 13 nitrogen and oxygen atoms in total. The number of ketones is 1. The van der Waals surface area contributed by atoms with Gasteiger partial charge in [-0.2, -0.15) is 0 Å². The maximum atomic E-state index is 13.6. The van der Waals surface area contributed by atoms with E-state index in [0.29, 0.717) is 17.9 Å². The van der Waals surface area contributed by atoms with Gasteiger partial charge in [0.15, 0.2) is 5.76 Å². The summed E-state index contributed by atoms with van der Waals surface area (Å²) in [7, 11) is 2.99. The first-order valence-corrected chi connectivity index (χ1v) is 16.1. The molecular weight excluding hydrogens is 658 g/mol. The molecule has 0 aliphatic rings. The number of carbonyl (C=O) groups is 5. The van der Waals surface area contributed by atoms with Crippen LogP contribution in [0, 0.1) is 5.92 Å². The van der Waals surface area contributed by atoms with Crippen molar-refractivity contribution in [3.63, 3.8) is 0 Å². The number of carbonyl (C=O) groups excluding carboxylic acids is 3. The Labute approximate surface area is 296 Å². The summed E-state index contributed by atoms with van der Waals surface area (Å²) in [5.74, 6) is -1.38. The highest BCUT2D eigenvalue weighted by atomic mass is 16.5. The maximum absolute atomic E-state index is 13.6. The zero-order chi connectivity index (χ0) is 37.3. The number of hydrogen-bond donors (Lipinski definition) is 5. The van der Waals surface area contributed by atoms with Crippen molar-refractivity contribution < 1.29 is 48.1 Å². The summed E-state index contributed by atoms with van der Waals surface area (Å²) in [4.78, 5) is 62.0. The van der Waals surface area contributed by atoms with Gasteiger partial charge in [0.05, 0.1) is 26.5 Å². The van der Waals surface area contributed by atoms with E-state index in [0.717, 1.165) is 11.1 Å². The number of amides is 3. The summed E-state index contributed by atoms with van der Waals surface area (Å²) in [5.41, 5.74) is 1.66. The van der Waals surface area contributed by atoms with Crippen molar-refractivity contribution in [1.82, 2.24) is 16.0 Å². The molecule has 3 amide bonds. The molecule has 0 saturated carbocycles. The van der Waals surface area contributed by atoms with Crippen molar-refractivity contribution >= 4 is 29.7 Å². The van der Waals surface area contributed by atoms with E-state index in [9.17, 15) is 29.1 Å². The van der Waals surface area contributed by atoms with Gasteiger partial charge in [0.1, 0.15) is 29.1 Å². The zero-order valence-electron chi connectivity index (χ0n) is 28.8. The van der Waals surface area contributed by atoms with Gasteiger partial charge in [0, 0.05) is 12.8 Å². The second kappa shape index (κ2) is 19.8. The van der Waals surface area contributed by atoms with Crippen LogP contribution in [-0.4, -0.2) is 72.2 Å². The summed E-state index contributed by atoms with van der Waals surface area (Å²) < 4.78 is 15.3. The van der Waals surface area contributed by atoms with Gasteiger partial charge in [-0.3, -0.25) is 14.4 Å². The Morgan fingerprint density at radius 1 is 0.667 bits per heavy atom. The van der Waals surface area contributed by atoms with Gasteiger partial charge in [-0.15, -0.1) is 0 Å². The lowest BCUT2D eigenvalue weighted by atomic mass is 9.97. The zero-order valence-corrected chi connectivity index (χ0v) is 28.8. The van der Waals surface area contributed by atoms with Crippen LogP contribution in [0.15, 0.2) is 102 Å². The Morgan fingerprint density at radius 3 is 1.75 bits per heavy atom. The van der Waals surface area contributed by atoms with E-state index in [1.165, 1.54) is 25.5 Å². The highest BCUT2D eigenvalue weighted by molar-refractivity contribution is 6.01. The van der Waals surface area contributed by atoms with Crippen LogP contribution in [0.2, 0.25) is 0 Å². The molecule has 1 aromatic heterocycles. The summed E-state index contributed by atoms with van der Waals surface area (Å²) in [6.45, 7) is 3.86. The Bertz CT molecular complexity index is 1720. The minimum atomic E-state index is -1.37. The minimum Gasteiger partial charge on any atom is -0.497 e. The second-order valence-electron chi connectivity index (χ2n) is 11.8. The van der Waals surface area contributed by atoms with E-state index in [-0.39, 0.29) is 35.9 Å². The van der Waals surface area contributed by atoms with Gasteiger partial charge >= 0.3 is 12.1 Å². The summed E-state index contributed by atoms with van der Waals surface area (Å²) in [6, 6.07) is 22.4. The van der Waals surface area contributed by atoms with E-state index in [1.54, 1.807) is 79.9 Å². The average Bonchev–Trinajstić information content (AvgIpc) is 3.66. The predicted octanol–water partition coefficient (Wildman–Crippen LogP) is 5.00. The Morgan fingerprint density at radius 2 is 1.24 bits per heavy atom. The average molecular weight is 702 g/mol. The lowest BCUT2D eigenvalue weighted by Gasteiger charge is -2.25. The van der Waals surface area contributed by atoms with Crippen LogP contribution in [0.5, 0.6) is 11.5 Å². The van der Waals surface area contributed by atoms with Gasteiger partial charge in [-0.05, 0) is 59.9 Å². The van der Waals surface area contributed by atoms with Crippen LogP contribution in [-0.2, 0) is 22.4 Å². The SMILES string of the molecule is COc1ccc(CC(NC(=O)C(Cc2ccccc2)NC(=O)O)C(=O)NC(CC(C)C)C(=O)c2ccco2)cc1.COc1ccccc1C(=O)O. The molecule has 0 aliphatic carbocycles. The number of ether oxygens (including phenoxy) is 2. The highest BCUT2D eigenvalue weighted by Gasteiger charge is 2.31. The fourth-order valence-electron chi connectivity index (χ4n) is 5.07. The number of rotatable bonds is 16. The third-order valence-electron chi connectivity index (χ3n) is 7.57. The summed E-state index contributed by atoms with van der Waals surface area (Å²) >= 11 is 0. The van der Waals surface area contributed by atoms with Crippen molar-refractivity contribution in [2.45, 2.75) is 51.2 Å². The fraction of sp³-hybridized carbons (Fsp3) is 0.289. The molecule has 0 aliphatic heterocycles. The fourth-order valence-corrected chi connectivity index (χ4v) is 5.07. The van der Waals surface area contributed by atoms with Crippen molar-refractivity contribution in [3.8, 4) is 11.5 Å². The van der Waals surface area contributed by atoms with Crippen LogP contribution >= 0.6 is 0 Å². The summed E-state index contributed by atoms with van der Waals surface area (Å²) in [6.07, 6.45) is 0.550. The third-order valence-corrected chi connectivity index (χ3v) is 7.57. The van der Waals surface area contributed by atoms with Crippen molar-refractivity contribution in [2.24, 2.45) is 5.92 Å². The van der Waals surface area contributed by atoms with Crippen LogP contribution in [0.1, 0.15) is 52.3 Å². The van der Waals surface area contributed by atoms with Crippen LogP contribution in [0.25, 0.3) is 0 Å². The van der Waals surface area contributed by atoms with Crippen molar-refractivity contribution in [1.29, 1.82) is 0 Å². The largest absolute Gasteiger partial charge is 0.497 e. The highest BCUT2D eigenvalue weighted by Crippen LogP contribution is 2.17. The molecule has 1 heterocycles. The predicted molar refractivity (Wildman–Crippen MR) is 188 cm³/mol. The number of para-hydroxylation sites is 1. The first kappa shape index (κ1) is 39.3. The number of methoxy groups -OCH3 is 2. The minimum absolute atomic E-state index is 0.0776. The number of furan rings is 1. The van der Waals surface area contributed by atoms with Crippen LogP contribution < -0.4 is 25.4 Å². The van der Waals surface area contributed by atoms with Gasteiger partial charge in [0.25, 0.3) is 0 Å². The molecule has 3 aromatic carbocycles. The molecule has 3 atom stereocenters. The normalized spacial score (nSPS) is 12.3. The first-order valence-electron chi connectivity index (χ1n) is 16.1. The molecule has 270 valence electrons. The molecule has 5 N–H and O–H groups in total. The smallest absolute Gasteiger partial charge is 0.405 e. The number of nitrogens with one attached hydrogen (secondary N) is 3. The molecule has 51 heavy (non-hydrogen) atoms. The maximum Gasteiger partial charge on any atom is 0.405 e. The molecule has 4 rings (SSSR count). The van der Waals surface area contributed by atoms with Crippen LogP contribution in [0.3, 0.4) is 0 Å².